The van der Waals surface area contributed by atoms with E-state index in [-0.39, 0.29) is 5.91 Å². The fourth-order valence-electron chi connectivity index (χ4n) is 1.86. The molecule has 2 atom stereocenters. The summed E-state index contributed by atoms with van der Waals surface area (Å²) in [5, 5.41) is 2.65. The van der Waals surface area contributed by atoms with Gasteiger partial charge in [-0.05, 0) is 25.8 Å². The second-order valence-corrected chi connectivity index (χ2v) is 3.97. The van der Waals surface area contributed by atoms with Crippen LogP contribution in [-0.2, 0) is 4.79 Å². The number of nitrogens with one attached hydrogen (secondary N) is 1. The summed E-state index contributed by atoms with van der Waals surface area (Å²) < 4.78 is 0. The van der Waals surface area contributed by atoms with Gasteiger partial charge in [-0.3, -0.25) is 9.69 Å². The summed E-state index contributed by atoms with van der Waals surface area (Å²) in [5.74, 6) is 0.927. The highest BCUT2D eigenvalue weighted by molar-refractivity contribution is 5.75. The summed E-state index contributed by atoms with van der Waals surface area (Å²) in [6.07, 6.45) is 1.91. The molecule has 0 spiro atoms. The van der Waals surface area contributed by atoms with E-state index < -0.39 is 0 Å². The molecule has 0 aromatic rings. The molecule has 1 amide bonds. The molecule has 3 nitrogen and oxygen atoms in total. The summed E-state index contributed by atoms with van der Waals surface area (Å²) in [6, 6.07) is 0.643. The van der Waals surface area contributed by atoms with Crippen LogP contribution < -0.4 is 5.32 Å². The molecular formula is C10H20N2O. The predicted molar refractivity (Wildman–Crippen MR) is 53.5 cm³/mol. The second kappa shape index (κ2) is 4.61. The van der Waals surface area contributed by atoms with Gasteiger partial charge in [-0.15, -0.1) is 0 Å². The Labute approximate surface area is 80.5 Å². The molecule has 0 saturated carbocycles. The van der Waals surface area contributed by atoms with Gasteiger partial charge in [-0.2, -0.15) is 0 Å². The highest BCUT2D eigenvalue weighted by Gasteiger charge is 2.26. The van der Waals surface area contributed by atoms with Crippen molar-refractivity contribution < 1.29 is 4.79 Å². The summed E-state index contributed by atoms with van der Waals surface area (Å²) in [4.78, 5) is 13.4. The molecule has 0 radical (unpaired) electrons. The molecule has 0 aromatic heterocycles. The van der Waals surface area contributed by atoms with Crippen LogP contribution in [0.5, 0.6) is 0 Å². The van der Waals surface area contributed by atoms with Crippen LogP contribution in [0.2, 0.25) is 0 Å². The molecule has 1 fully saturated rings. The number of hydrogen-bond donors (Lipinski definition) is 1. The molecule has 13 heavy (non-hydrogen) atoms. The van der Waals surface area contributed by atoms with Crippen molar-refractivity contribution in [2.75, 3.05) is 20.1 Å². The van der Waals surface area contributed by atoms with E-state index in [1.165, 1.54) is 6.42 Å². The van der Waals surface area contributed by atoms with Crippen LogP contribution >= 0.6 is 0 Å². The van der Waals surface area contributed by atoms with Gasteiger partial charge in [-0.1, -0.05) is 6.92 Å². The zero-order chi connectivity index (χ0) is 9.84. The van der Waals surface area contributed by atoms with Gasteiger partial charge >= 0.3 is 0 Å². The third-order valence-corrected chi connectivity index (χ3v) is 3.18. The highest BCUT2D eigenvalue weighted by atomic mass is 16.1. The molecule has 1 heterocycles. The fraction of sp³-hybridized carbons (Fsp3) is 0.900. The first-order valence-corrected chi connectivity index (χ1v) is 5.09. The Morgan fingerprint density at radius 3 is 2.69 bits per heavy atom. The lowest BCUT2D eigenvalue weighted by atomic mass is 10.1. The van der Waals surface area contributed by atoms with Crippen molar-refractivity contribution in [1.29, 1.82) is 0 Å². The number of likely N-dealkylation sites (tertiary alicyclic amines) is 1. The zero-order valence-electron chi connectivity index (χ0n) is 8.84. The summed E-state index contributed by atoms with van der Waals surface area (Å²) in [5.41, 5.74) is 0. The molecule has 1 saturated heterocycles. The van der Waals surface area contributed by atoms with E-state index in [2.05, 4.69) is 24.1 Å². The van der Waals surface area contributed by atoms with E-state index in [4.69, 9.17) is 0 Å². The molecular weight excluding hydrogens is 164 g/mol. The standard InChI is InChI=1S/C10H20N2O/c1-8-4-6-12(9(8)2)7-5-10(13)11-3/h8-9H,4-7H2,1-3H3,(H,11,13). The maximum atomic E-state index is 11.0. The van der Waals surface area contributed by atoms with Crippen molar-refractivity contribution in [3.05, 3.63) is 0 Å². The minimum absolute atomic E-state index is 0.145. The molecule has 3 heteroatoms. The van der Waals surface area contributed by atoms with Crippen LogP contribution in [0, 0.1) is 5.92 Å². The van der Waals surface area contributed by atoms with E-state index >= 15 is 0 Å². The number of nitrogens with zero attached hydrogens (tertiary/aromatic N) is 1. The van der Waals surface area contributed by atoms with Gasteiger partial charge in [0.25, 0.3) is 0 Å². The third-order valence-electron chi connectivity index (χ3n) is 3.18. The van der Waals surface area contributed by atoms with Crippen molar-refractivity contribution in [3.8, 4) is 0 Å². The topological polar surface area (TPSA) is 32.3 Å². The minimum Gasteiger partial charge on any atom is -0.359 e. The lowest BCUT2D eigenvalue weighted by Crippen LogP contribution is -2.33. The monoisotopic (exact) mass is 184 g/mol. The molecule has 76 valence electrons. The molecule has 0 aromatic carbocycles. The van der Waals surface area contributed by atoms with Crippen LogP contribution in [0.15, 0.2) is 0 Å². The summed E-state index contributed by atoms with van der Waals surface area (Å²) >= 11 is 0. The van der Waals surface area contributed by atoms with Crippen molar-refractivity contribution in [2.45, 2.75) is 32.7 Å². The number of rotatable bonds is 3. The molecule has 1 aliphatic heterocycles. The zero-order valence-corrected chi connectivity index (χ0v) is 8.84. The van der Waals surface area contributed by atoms with E-state index in [1.807, 2.05) is 0 Å². The highest BCUT2D eigenvalue weighted by Crippen LogP contribution is 2.22. The van der Waals surface area contributed by atoms with Crippen molar-refractivity contribution in [1.82, 2.24) is 10.2 Å². The van der Waals surface area contributed by atoms with Crippen molar-refractivity contribution in [2.24, 2.45) is 5.92 Å². The van der Waals surface area contributed by atoms with E-state index in [0.717, 1.165) is 19.0 Å². The van der Waals surface area contributed by atoms with Gasteiger partial charge in [0.2, 0.25) is 5.91 Å². The number of hydrogen-bond acceptors (Lipinski definition) is 2. The molecule has 2 unspecified atom stereocenters. The Balaban J connectivity index is 2.26. The number of amides is 1. The van der Waals surface area contributed by atoms with Gasteiger partial charge in [0.05, 0.1) is 0 Å². The Morgan fingerprint density at radius 2 is 2.23 bits per heavy atom. The minimum atomic E-state index is 0.145. The van der Waals surface area contributed by atoms with Crippen LogP contribution in [0.1, 0.15) is 26.7 Å². The lowest BCUT2D eigenvalue weighted by Gasteiger charge is -2.22. The molecule has 1 rings (SSSR count). The van der Waals surface area contributed by atoms with E-state index in [1.54, 1.807) is 7.05 Å². The lowest BCUT2D eigenvalue weighted by molar-refractivity contribution is -0.120. The largest absolute Gasteiger partial charge is 0.359 e. The molecule has 0 bridgehead atoms. The Kier molecular flexibility index (Phi) is 3.72. The first-order chi connectivity index (χ1) is 6.15. The first kappa shape index (κ1) is 10.5. The first-order valence-electron chi connectivity index (χ1n) is 5.09. The summed E-state index contributed by atoms with van der Waals surface area (Å²) in [7, 11) is 1.69. The van der Waals surface area contributed by atoms with Gasteiger partial charge in [-0.25, -0.2) is 0 Å². The molecule has 1 N–H and O–H groups in total. The van der Waals surface area contributed by atoms with Gasteiger partial charge in [0.15, 0.2) is 0 Å². The normalized spacial score (nSPS) is 29.2. The van der Waals surface area contributed by atoms with Gasteiger partial charge in [0, 0.05) is 26.1 Å². The quantitative estimate of drug-likeness (QED) is 0.705. The Hall–Kier alpha value is -0.570. The Morgan fingerprint density at radius 1 is 1.54 bits per heavy atom. The van der Waals surface area contributed by atoms with E-state index in [0.29, 0.717) is 12.5 Å². The van der Waals surface area contributed by atoms with Crippen LogP contribution in [0.3, 0.4) is 0 Å². The maximum absolute atomic E-state index is 11.0. The predicted octanol–water partition coefficient (Wildman–Crippen LogP) is 0.853. The second-order valence-electron chi connectivity index (χ2n) is 3.97. The third kappa shape index (κ3) is 2.69. The van der Waals surface area contributed by atoms with E-state index in [9.17, 15) is 4.79 Å². The van der Waals surface area contributed by atoms with Gasteiger partial charge < -0.3 is 5.32 Å². The van der Waals surface area contributed by atoms with Crippen LogP contribution in [-0.4, -0.2) is 37.0 Å². The van der Waals surface area contributed by atoms with Crippen molar-refractivity contribution >= 4 is 5.91 Å². The molecule has 0 aliphatic carbocycles. The van der Waals surface area contributed by atoms with Crippen molar-refractivity contribution in [3.63, 3.8) is 0 Å². The van der Waals surface area contributed by atoms with Gasteiger partial charge in [0.1, 0.15) is 0 Å². The number of carbonyl (C=O) groups is 1. The fourth-order valence-corrected chi connectivity index (χ4v) is 1.86. The average Bonchev–Trinajstić information content (AvgIpc) is 2.44. The smallest absolute Gasteiger partial charge is 0.221 e. The average molecular weight is 184 g/mol. The number of carbonyl (C=O) groups excluding carboxylic acids is 1. The Bertz CT molecular complexity index is 182. The SMILES string of the molecule is CNC(=O)CCN1CCC(C)C1C. The summed E-state index contributed by atoms with van der Waals surface area (Å²) in [6.45, 7) is 6.59. The maximum Gasteiger partial charge on any atom is 0.221 e. The molecule has 1 aliphatic rings. The van der Waals surface area contributed by atoms with Crippen LogP contribution in [0.4, 0.5) is 0 Å². The van der Waals surface area contributed by atoms with Crippen LogP contribution in [0.25, 0.3) is 0 Å².